The van der Waals surface area contributed by atoms with E-state index >= 15 is 0 Å². The second kappa shape index (κ2) is 3.97. The molecule has 2 atom stereocenters. The van der Waals surface area contributed by atoms with Gasteiger partial charge < -0.3 is 14.8 Å². The number of alkyl carbamates (subject to hydrolysis) is 1. The average molecular weight is 263 g/mol. The summed E-state index contributed by atoms with van der Waals surface area (Å²) < 4.78 is 27.5. The minimum atomic E-state index is -3.34. The Kier molecular flexibility index (Phi) is 3.26. The van der Waals surface area contributed by atoms with Crippen LogP contribution in [0.1, 0.15) is 27.2 Å². The van der Waals surface area contributed by atoms with Crippen molar-refractivity contribution in [2.75, 3.05) is 6.26 Å². The Morgan fingerprint density at radius 1 is 1.47 bits per heavy atom. The Bertz CT molecular complexity index is 436. The highest BCUT2D eigenvalue weighted by molar-refractivity contribution is 7.91. The first-order valence-electron chi connectivity index (χ1n) is 5.16. The van der Waals surface area contributed by atoms with Crippen molar-refractivity contribution in [1.29, 1.82) is 0 Å². The fraction of sp³-hybridized carbons (Fsp3) is 0.800. The SMILES string of the molecule is CC(C)(C)OC(=O)N[C@]1(C=O)C[C@@H]1S(C)(=O)=O. The van der Waals surface area contributed by atoms with Gasteiger partial charge in [-0.1, -0.05) is 0 Å². The van der Waals surface area contributed by atoms with Crippen molar-refractivity contribution in [1.82, 2.24) is 5.32 Å². The first-order valence-corrected chi connectivity index (χ1v) is 7.12. The molecule has 0 saturated heterocycles. The second-order valence-corrected chi connectivity index (χ2v) is 7.54. The van der Waals surface area contributed by atoms with Crippen molar-refractivity contribution >= 4 is 22.2 Å². The number of carbonyl (C=O) groups is 2. The Balaban J connectivity index is 2.69. The van der Waals surface area contributed by atoms with E-state index < -0.39 is 32.3 Å². The number of carbonyl (C=O) groups excluding carboxylic acids is 2. The topological polar surface area (TPSA) is 89.5 Å². The number of hydrogen-bond donors (Lipinski definition) is 1. The van der Waals surface area contributed by atoms with Crippen LogP contribution >= 0.6 is 0 Å². The third-order valence-corrected chi connectivity index (χ3v) is 4.02. The van der Waals surface area contributed by atoms with E-state index in [4.69, 9.17) is 4.74 Å². The normalized spacial score (nSPS) is 28.4. The third kappa shape index (κ3) is 3.42. The Labute approximate surface area is 101 Å². The molecule has 0 bridgehead atoms. The van der Waals surface area contributed by atoms with Crippen LogP contribution in [0.3, 0.4) is 0 Å². The number of ether oxygens (including phenoxy) is 1. The van der Waals surface area contributed by atoms with E-state index in [-0.39, 0.29) is 6.42 Å². The van der Waals surface area contributed by atoms with Crippen LogP contribution in [0, 0.1) is 0 Å². The van der Waals surface area contributed by atoms with Gasteiger partial charge in [-0.3, -0.25) is 0 Å². The van der Waals surface area contributed by atoms with E-state index in [1.165, 1.54) is 0 Å². The Morgan fingerprint density at radius 3 is 2.29 bits per heavy atom. The molecule has 1 fully saturated rings. The summed E-state index contributed by atoms with van der Waals surface area (Å²) in [6.07, 6.45) is 0.826. The van der Waals surface area contributed by atoms with Gasteiger partial charge in [-0.2, -0.15) is 0 Å². The predicted octanol–water partition coefficient (Wildman–Crippen LogP) is 0.266. The van der Waals surface area contributed by atoms with Crippen LogP contribution in [-0.4, -0.2) is 43.4 Å². The molecule has 0 aromatic carbocycles. The summed E-state index contributed by atoms with van der Waals surface area (Å²) in [6, 6.07) is 0. The van der Waals surface area contributed by atoms with Gasteiger partial charge in [0.25, 0.3) is 0 Å². The lowest BCUT2D eigenvalue weighted by Gasteiger charge is -2.21. The van der Waals surface area contributed by atoms with Crippen molar-refractivity contribution in [2.45, 2.75) is 43.6 Å². The van der Waals surface area contributed by atoms with Crippen LogP contribution in [0.2, 0.25) is 0 Å². The van der Waals surface area contributed by atoms with Crippen molar-refractivity contribution in [3.05, 3.63) is 0 Å². The van der Waals surface area contributed by atoms with E-state index in [1.54, 1.807) is 20.8 Å². The van der Waals surface area contributed by atoms with Crippen molar-refractivity contribution in [3.63, 3.8) is 0 Å². The summed E-state index contributed by atoms with van der Waals surface area (Å²) in [6.45, 7) is 5.04. The molecule has 0 heterocycles. The molecule has 0 aliphatic heterocycles. The highest BCUT2D eigenvalue weighted by Gasteiger charge is 2.61. The van der Waals surface area contributed by atoms with E-state index in [9.17, 15) is 18.0 Å². The Morgan fingerprint density at radius 2 is 2.00 bits per heavy atom. The average Bonchev–Trinajstić information content (AvgIpc) is 2.75. The molecule has 17 heavy (non-hydrogen) atoms. The maximum absolute atomic E-state index is 11.5. The maximum atomic E-state index is 11.5. The lowest BCUT2D eigenvalue weighted by molar-refractivity contribution is -0.110. The molecule has 1 amide bonds. The van der Waals surface area contributed by atoms with Crippen LogP contribution in [0.25, 0.3) is 0 Å². The number of rotatable bonds is 3. The largest absolute Gasteiger partial charge is 0.444 e. The van der Waals surface area contributed by atoms with Crippen LogP contribution in [0.5, 0.6) is 0 Å². The van der Waals surface area contributed by atoms with E-state index in [0.717, 1.165) is 6.26 Å². The molecular formula is C10H17NO5S. The number of amides is 1. The predicted molar refractivity (Wildman–Crippen MR) is 61.4 cm³/mol. The van der Waals surface area contributed by atoms with Crippen LogP contribution in [0.15, 0.2) is 0 Å². The molecule has 0 aromatic rings. The van der Waals surface area contributed by atoms with Gasteiger partial charge in [0, 0.05) is 6.26 Å². The molecule has 1 saturated carbocycles. The highest BCUT2D eigenvalue weighted by atomic mass is 32.2. The quantitative estimate of drug-likeness (QED) is 0.738. The summed E-state index contributed by atoms with van der Waals surface area (Å²) in [7, 11) is -3.34. The van der Waals surface area contributed by atoms with Gasteiger partial charge in [0.15, 0.2) is 9.84 Å². The smallest absolute Gasteiger partial charge is 0.408 e. The van der Waals surface area contributed by atoms with Gasteiger partial charge in [0.1, 0.15) is 17.4 Å². The molecule has 0 unspecified atom stereocenters. The fourth-order valence-electron chi connectivity index (χ4n) is 1.56. The van der Waals surface area contributed by atoms with Gasteiger partial charge in [0.05, 0.1) is 5.25 Å². The summed E-state index contributed by atoms with van der Waals surface area (Å²) in [5.41, 5.74) is -2.00. The standard InChI is InChI=1S/C10H17NO5S/c1-9(2,3)16-8(13)11-10(6-12)5-7(10)17(4,14)15/h6-7H,5H2,1-4H3,(H,11,13)/t7-,10-/m0/s1. The molecule has 98 valence electrons. The molecule has 6 nitrogen and oxygen atoms in total. The van der Waals surface area contributed by atoms with E-state index in [2.05, 4.69) is 5.32 Å². The zero-order chi connectivity index (χ0) is 13.5. The van der Waals surface area contributed by atoms with Crippen LogP contribution < -0.4 is 5.32 Å². The number of hydrogen-bond acceptors (Lipinski definition) is 5. The summed E-state index contributed by atoms with van der Waals surface area (Å²) in [4.78, 5) is 22.4. The van der Waals surface area contributed by atoms with Crippen LogP contribution in [0.4, 0.5) is 4.79 Å². The van der Waals surface area contributed by atoms with Gasteiger partial charge in [-0.15, -0.1) is 0 Å². The van der Waals surface area contributed by atoms with Crippen molar-refractivity contribution in [3.8, 4) is 0 Å². The number of nitrogens with one attached hydrogen (secondary N) is 1. The molecule has 1 aliphatic rings. The van der Waals surface area contributed by atoms with Crippen molar-refractivity contribution in [2.24, 2.45) is 0 Å². The minimum absolute atomic E-state index is 0.106. The summed E-state index contributed by atoms with van der Waals surface area (Å²) >= 11 is 0. The highest BCUT2D eigenvalue weighted by Crippen LogP contribution is 2.40. The lowest BCUT2D eigenvalue weighted by atomic mass is 10.2. The van der Waals surface area contributed by atoms with Crippen LogP contribution in [-0.2, 0) is 19.4 Å². The molecule has 7 heteroatoms. The van der Waals surface area contributed by atoms with E-state index in [0.29, 0.717) is 6.29 Å². The minimum Gasteiger partial charge on any atom is -0.444 e. The number of aldehydes is 1. The summed E-state index contributed by atoms with van der Waals surface area (Å²) in [5, 5.41) is 1.47. The second-order valence-electron chi connectivity index (χ2n) is 5.31. The van der Waals surface area contributed by atoms with Gasteiger partial charge in [-0.05, 0) is 27.2 Å². The lowest BCUT2D eigenvalue weighted by Crippen LogP contribution is -2.44. The molecule has 1 rings (SSSR count). The van der Waals surface area contributed by atoms with Gasteiger partial charge in [-0.25, -0.2) is 13.2 Å². The van der Waals surface area contributed by atoms with Gasteiger partial charge >= 0.3 is 6.09 Å². The molecule has 0 spiro atoms. The number of sulfone groups is 1. The molecule has 1 N–H and O–H groups in total. The maximum Gasteiger partial charge on any atom is 0.408 e. The van der Waals surface area contributed by atoms with E-state index in [1.807, 2.05) is 0 Å². The van der Waals surface area contributed by atoms with Crippen molar-refractivity contribution < 1.29 is 22.7 Å². The monoisotopic (exact) mass is 263 g/mol. The Hall–Kier alpha value is -1.11. The zero-order valence-electron chi connectivity index (χ0n) is 10.3. The molecule has 1 aliphatic carbocycles. The first-order chi connectivity index (χ1) is 7.50. The summed E-state index contributed by atoms with van der Waals surface area (Å²) in [5.74, 6) is 0. The zero-order valence-corrected chi connectivity index (χ0v) is 11.1. The first kappa shape index (κ1) is 14.0. The molecule has 0 radical (unpaired) electrons. The van der Waals surface area contributed by atoms with Gasteiger partial charge in [0.2, 0.25) is 0 Å². The molecule has 0 aromatic heterocycles. The molecular weight excluding hydrogens is 246 g/mol. The fourth-order valence-corrected chi connectivity index (χ4v) is 3.02. The third-order valence-electron chi connectivity index (χ3n) is 2.40.